The molecule has 0 bridgehead atoms. The molecule has 1 nitrogen and oxygen atoms in total. The fourth-order valence-electron chi connectivity index (χ4n) is 1.50. The second-order valence-corrected chi connectivity index (χ2v) is 3.30. The summed E-state index contributed by atoms with van der Waals surface area (Å²) < 4.78 is 0. The van der Waals surface area contributed by atoms with Gasteiger partial charge in [-0.15, -0.1) is 0 Å². The number of benzene rings is 2. The van der Waals surface area contributed by atoms with E-state index in [-0.39, 0.29) is 0 Å². The highest BCUT2D eigenvalue weighted by Crippen LogP contribution is 2.29. The number of hydrogen-bond acceptors (Lipinski definition) is 1. The number of anilines is 1. The molecule has 0 aromatic heterocycles. The molecule has 0 spiro atoms. The summed E-state index contributed by atoms with van der Waals surface area (Å²) in [4.78, 5) is 0. The molecule has 0 atom stereocenters. The molecular weight excluding hydrogens is 182 g/mol. The van der Waals surface area contributed by atoms with Crippen LogP contribution >= 0.6 is 11.6 Å². The van der Waals surface area contributed by atoms with E-state index < -0.39 is 0 Å². The first-order valence-electron chi connectivity index (χ1n) is 4.18. The van der Waals surface area contributed by atoms with E-state index in [0.717, 1.165) is 16.1 Å². The SMILES string of the molecule is CNc1cccc2cccc(Cl)c12. The quantitative estimate of drug-likeness (QED) is 0.727. The topological polar surface area (TPSA) is 12.0 Å². The number of halogens is 1. The maximum Gasteiger partial charge on any atom is 0.0505 e. The van der Waals surface area contributed by atoms with E-state index in [4.69, 9.17) is 11.6 Å². The third kappa shape index (κ3) is 1.36. The van der Waals surface area contributed by atoms with Crippen LogP contribution < -0.4 is 5.32 Å². The van der Waals surface area contributed by atoms with Crippen molar-refractivity contribution in [3.63, 3.8) is 0 Å². The summed E-state index contributed by atoms with van der Waals surface area (Å²) in [5.74, 6) is 0. The minimum absolute atomic E-state index is 0.794. The molecule has 0 amide bonds. The van der Waals surface area contributed by atoms with E-state index in [2.05, 4.69) is 17.4 Å². The van der Waals surface area contributed by atoms with Gasteiger partial charge in [-0.05, 0) is 17.5 Å². The molecule has 0 aliphatic rings. The van der Waals surface area contributed by atoms with E-state index in [1.165, 1.54) is 5.39 Å². The van der Waals surface area contributed by atoms with Gasteiger partial charge in [-0.2, -0.15) is 0 Å². The Hall–Kier alpha value is -1.21. The van der Waals surface area contributed by atoms with Crippen LogP contribution in [0, 0.1) is 0 Å². The highest BCUT2D eigenvalue weighted by Gasteiger charge is 2.01. The molecule has 1 N–H and O–H groups in total. The molecule has 2 aromatic rings. The molecule has 66 valence electrons. The van der Waals surface area contributed by atoms with Crippen LogP contribution in [0.2, 0.25) is 5.02 Å². The summed E-state index contributed by atoms with van der Waals surface area (Å²) in [6.45, 7) is 0. The summed E-state index contributed by atoms with van der Waals surface area (Å²) >= 11 is 6.10. The van der Waals surface area contributed by atoms with Crippen molar-refractivity contribution in [2.24, 2.45) is 0 Å². The van der Waals surface area contributed by atoms with Crippen molar-refractivity contribution in [2.45, 2.75) is 0 Å². The van der Waals surface area contributed by atoms with Crippen LogP contribution in [0.3, 0.4) is 0 Å². The second-order valence-electron chi connectivity index (χ2n) is 2.89. The summed E-state index contributed by atoms with van der Waals surface area (Å²) in [5, 5.41) is 6.18. The van der Waals surface area contributed by atoms with Crippen molar-refractivity contribution >= 4 is 28.1 Å². The van der Waals surface area contributed by atoms with Crippen LogP contribution in [0.1, 0.15) is 0 Å². The molecular formula is C11H10ClN. The molecule has 2 aromatic carbocycles. The average Bonchev–Trinajstić information content (AvgIpc) is 2.17. The van der Waals surface area contributed by atoms with Crippen molar-refractivity contribution in [1.82, 2.24) is 0 Å². The molecule has 0 aliphatic carbocycles. The van der Waals surface area contributed by atoms with Crippen LogP contribution in [0.5, 0.6) is 0 Å². The number of fused-ring (bicyclic) bond motifs is 1. The molecule has 13 heavy (non-hydrogen) atoms. The Morgan fingerprint density at radius 3 is 2.46 bits per heavy atom. The Bertz CT molecular complexity index is 432. The lowest BCUT2D eigenvalue weighted by molar-refractivity contribution is 1.55. The first-order chi connectivity index (χ1) is 6.33. The van der Waals surface area contributed by atoms with Gasteiger partial charge in [0.25, 0.3) is 0 Å². The normalized spacial score (nSPS) is 10.3. The Kier molecular flexibility index (Phi) is 2.11. The van der Waals surface area contributed by atoms with Crippen molar-refractivity contribution in [3.8, 4) is 0 Å². The molecule has 2 heteroatoms. The van der Waals surface area contributed by atoms with Gasteiger partial charge in [-0.25, -0.2) is 0 Å². The van der Waals surface area contributed by atoms with Gasteiger partial charge in [0.15, 0.2) is 0 Å². The third-order valence-electron chi connectivity index (χ3n) is 2.12. The van der Waals surface area contributed by atoms with Gasteiger partial charge >= 0.3 is 0 Å². The average molecular weight is 192 g/mol. The predicted octanol–water partition coefficient (Wildman–Crippen LogP) is 3.53. The molecule has 0 aliphatic heterocycles. The highest BCUT2D eigenvalue weighted by molar-refractivity contribution is 6.36. The zero-order valence-corrected chi connectivity index (χ0v) is 8.10. The van der Waals surface area contributed by atoms with Crippen LogP contribution in [0.25, 0.3) is 10.8 Å². The van der Waals surface area contributed by atoms with E-state index >= 15 is 0 Å². The fraction of sp³-hybridized carbons (Fsp3) is 0.0909. The lowest BCUT2D eigenvalue weighted by Gasteiger charge is -2.06. The zero-order valence-electron chi connectivity index (χ0n) is 7.34. The molecule has 0 saturated heterocycles. The predicted molar refractivity (Wildman–Crippen MR) is 58.5 cm³/mol. The van der Waals surface area contributed by atoms with Crippen LogP contribution in [-0.2, 0) is 0 Å². The lowest BCUT2D eigenvalue weighted by Crippen LogP contribution is -1.89. The largest absolute Gasteiger partial charge is 0.388 e. The van der Waals surface area contributed by atoms with E-state index in [0.29, 0.717) is 0 Å². The van der Waals surface area contributed by atoms with Gasteiger partial charge in [-0.3, -0.25) is 0 Å². The number of hydrogen-bond donors (Lipinski definition) is 1. The van der Waals surface area contributed by atoms with Crippen LogP contribution in [0.15, 0.2) is 36.4 Å². The van der Waals surface area contributed by atoms with E-state index in [1.807, 2.05) is 31.3 Å². The summed E-state index contributed by atoms with van der Waals surface area (Å²) in [5.41, 5.74) is 1.07. The fourth-order valence-corrected chi connectivity index (χ4v) is 1.79. The molecule has 0 heterocycles. The summed E-state index contributed by atoms with van der Waals surface area (Å²) in [6, 6.07) is 12.0. The molecule has 0 saturated carbocycles. The Morgan fingerprint density at radius 1 is 1.08 bits per heavy atom. The third-order valence-corrected chi connectivity index (χ3v) is 2.44. The summed E-state index contributed by atoms with van der Waals surface area (Å²) in [6.07, 6.45) is 0. The standard InChI is InChI=1S/C11H10ClN/c1-13-10-7-3-5-8-4-2-6-9(12)11(8)10/h2-7,13H,1H3. The van der Waals surface area contributed by atoms with Gasteiger partial charge in [-0.1, -0.05) is 35.9 Å². The van der Waals surface area contributed by atoms with Gasteiger partial charge < -0.3 is 5.32 Å². The maximum atomic E-state index is 6.10. The first kappa shape index (κ1) is 8.39. The van der Waals surface area contributed by atoms with Gasteiger partial charge in [0.05, 0.1) is 5.02 Å². The van der Waals surface area contributed by atoms with E-state index in [1.54, 1.807) is 0 Å². The minimum atomic E-state index is 0.794. The number of rotatable bonds is 1. The van der Waals surface area contributed by atoms with Gasteiger partial charge in [0.2, 0.25) is 0 Å². The molecule has 0 radical (unpaired) electrons. The second kappa shape index (κ2) is 3.27. The van der Waals surface area contributed by atoms with Crippen LogP contribution in [0.4, 0.5) is 5.69 Å². The molecule has 2 rings (SSSR count). The smallest absolute Gasteiger partial charge is 0.0505 e. The zero-order chi connectivity index (χ0) is 9.26. The van der Waals surface area contributed by atoms with Crippen molar-refractivity contribution < 1.29 is 0 Å². The van der Waals surface area contributed by atoms with Gasteiger partial charge in [0.1, 0.15) is 0 Å². The lowest BCUT2D eigenvalue weighted by atomic mass is 10.1. The molecule has 0 fully saturated rings. The van der Waals surface area contributed by atoms with Crippen LogP contribution in [-0.4, -0.2) is 7.05 Å². The Morgan fingerprint density at radius 2 is 1.77 bits per heavy atom. The van der Waals surface area contributed by atoms with Crippen molar-refractivity contribution in [3.05, 3.63) is 41.4 Å². The monoisotopic (exact) mass is 191 g/mol. The van der Waals surface area contributed by atoms with E-state index in [9.17, 15) is 0 Å². The number of nitrogens with one attached hydrogen (secondary N) is 1. The minimum Gasteiger partial charge on any atom is -0.388 e. The van der Waals surface area contributed by atoms with Crippen molar-refractivity contribution in [1.29, 1.82) is 0 Å². The first-order valence-corrected chi connectivity index (χ1v) is 4.55. The Labute approximate surface area is 82.3 Å². The molecule has 0 unspecified atom stereocenters. The van der Waals surface area contributed by atoms with Gasteiger partial charge in [0, 0.05) is 18.1 Å². The Balaban J connectivity index is 2.87. The maximum absolute atomic E-state index is 6.10. The summed E-state index contributed by atoms with van der Waals surface area (Å²) in [7, 11) is 1.90. The highest BCUT2D eigenvalue weighted by atomic mass is 35.5. The van der Waals surface area contributed by atoms with Crippen molar-refractivity contribution in [2.75, 3.05) is 12.4 Å².